The van der Waals surface area contributed by atoms with Gasteiger partial charge in [0.1, 0.15) is 17.6 Å². The van der Waals surface area contributed by atoms with Gasteiger partial charge in [0.25, 0.3) is 0 Å². The second kappa shape index (κ2) is 7.06. The first-order valence-electron chi connectivity index (χ1n) is 7.96. The van der Waals surface area contributed by atoms with E-state index in [-0.39, 0.29) is 18.4 Å². The molecule has 0 aliphatic carbocycles. The Bertz CT molecular complexity index is 778. The van der Waals surface area contributed by atoms with E-state index in [0.29, 0.717) is 30.6 Å². The standard InChI is InChI=1S/C15H18F4N6O/c1-8-11(6-25(24-8)12-3-4-26-7-10(12)16)22-14-21-5-9(15(17,18)19)13(20-2)23-14/h5-6,10,12H,3-4,7H2,1-2H3,(H2,20,21,22,23). The van der Waals surface area contributed by atoms with Crippen LogP contribution in [0, 0.1) is 6.92 Å². The lowest BCUT2D eigenvalue weighted by Gasteiger charge is -2.26. The zero-order valence-electron chi connectivity index (χ0n) is 14.1. The monoisotopic (exact) mass is 374 g/mol. The fourth-order valence-corrected chi connectivity index (χ4v) is 2.72. The molecule has 2 unspecified atom stereocenters. The van der Waals surface area contributed by atoms with Gasteiger partial charge in [-0.2, -0.15) is 23.3 Å². The molecule has 1 saturated heterocycles. The molecule has 2 N–H and O–H groups in total. The predicted octanol–water partition coefficient (Wildman–Crippen LogP) is 3.09. The van der Waals surface area contributed by atoms with Crippen LogP contribution in [0.25, 0.3) is 0 Å². The third-order valence-electron chi connectivity index (χ3n) is 4.09. The van der Waals surface area contributed by atoms with Crippen molar-refractivity contribution in [3.05, 3.63) is 23.7 Å². The zero-order valence-corrected chi connectivity index (χ0v) is 14.1. The minimum atomic E-state index is -4.56. The van der Waals surface area contributed by atoms with Crippen LogP contribution < -0.4 is 10.6 Å². The van der Waals surface area contributed by atoms with Crippen molar-refractivity contribution in [3.63, 3.8) is 0 Å². The topological polar surface area (TPSA) is 76.9 Å². The van der Waals surface area contributed by atoms with Crippen molar-refractivity contribution in [2.45, 2.75) is 31.7 Å². The number of aryl methyl sites for hydroxylation is 1. The van der Waals surface area contributed by atoms with Crippen molar-refractivity contribution in [2.24, 2.45) is 0 Å². The molecule has 0 radical (unpaired) electrons. The second-order valence-corrected chi connectivity index (χ2v) is 5.88. The summed E-state index contributed by atoms with van der Waals surface area (Å²) in [6.45, 7) is 2.16. The average Bonchev–Trinajstić information content (AvgIpc) is 2.94. The SMILES string of the molecule is CNc1nc(Nc2cn(C3CCOCC3F)nc2C)ncc1C(F)(F)F. The highest BCUT2D eigenvalue weighted by molar-refractivity contribution is 5.57. The normalized spacial score (nSPS) is 20.8. The Morgan fingerprint density at radius 3 is 2.77 bits per heavy atom. The number of nitrogens with zero attached hydrogens (tertiary/aromatic N) is 4. The van der Waals surface area contributed by atoms with Crippen LogP contribution in [-0.2, 0) is 10.9 Å². The smallest absolute Gasteiger partial charge is 0.378 e. The van der Waals surface area contributed by atoms with Crippen LogP contribution in [0.1, 0.15) is 23.7 Å². The van der Waals surface area contributed by atoms with Crippen molar-refractivity contribution in [3.8, 4) is 0 Å². The number of hydrogen-bond donors (Lipinski definition) is 2. The molecule has 2 aromatic rings. The number of hydrogen-bond acceptors (Lipinski definition) is 6. The maximum Gasteiger partial charge on any atom is 0.421 e. The molecule has 3 heterocycles. The van der Waals surface area contributed by atoms with Gasteiger partial charge in [-0.05, 0) is 13.3 Å². The highest BCUT2D eigenvalue weighted by Gasteiger charge is 2.35. The molecular weight excluding hydrogens is 356 g/mol. The summed E-state index contributed by atoms with van der Waals surface area (Å²) in [5.41, 5.74) is 0.0872. The number of nitrogens with one attached hydrogen (secondary N) is 2. The van der Waals surface area contributed by atoms with Gasteiger partial charge in [-0.15, -0.1) is 0 Å². The molecule has 0 spiro atoms. The Hall–Kier alpha value is -2.43. The highest BCUT2D eigenvalue weighted by Crippen LogP contribution is 2.34. The van der Waals surface area contributed by atoms with E-state index in [1.165, 1.54) is 11.7 Å². The second-order valence-electron chi connectivity index (χ2n) is 5.88. The van der Waals surface area contributed by atoms with Crippen LogP contribution in [0.4, 0.5) is 35.0 Å². The highest BCUT2D eigenvalue weighted by atomic mass is 19.4. The Morgan fingerprint density at radius 2 is 2.12 bits per heavy atom. The largest absolute Gasteiger partial charge is 0.421 e. The third-order valence-corrected chi connectivity index (χ3v) is 4.09. The van der Waals surface area contributed by atoms with E-state index < -0.39 is 24.0 Å². The van der Waals surface area contributed by atoms with E-state index in [9.17, 15) is 17.6 Å². The quantitative estimate of drug-likeness (QED) is 0.801. The first-order valence-corrected chi connectivity index (χ1v) is 7.96. The van der Waals surface area contributed by atoms with Crippen molar-refractivity contribution < 1.29 is 22.3 Å². The summed E-state index contributed by atoms with van der Waals surface area (Å²) >= 11 is 0. The number of anilines is 3. The summed E-state index contributed by atoms with van der Waals surface area (Å²) in [7, 11) is 1.34. The van der Waals surface area contributed by atoms with Crippen LogP contribution in [0.5, 0.6) is 0 Å². The lowest BCUT2D eigenvalue weighted by Crippen LogP contribution is -2.31. The van der Waals surface area contributed by atoms with Gasteiger partial charge >= 0.3 is 6.18 Å². The van der Waals surface area contributed by atoms with E-state index in [0.717, 1.165) is 0 Å². The summed E-state index contributed by atoms with van der Waals surface area (Å²) in [6.07, 6.45) is -2.94. The molecule has 2 atom stereocenters. The molecule has 0 amide bonds. The summed E-state index contributed by atoms with van der Waals surface area (Å²) in [4.78, 5) is 7.56. The average molecular weight is 374 g/mol. The molecular formula is C15H18F4N6O. The van der Waals surface area contributed by atoms with Crippen molar-refractivity contribution >= 4 is 17.5 Å². The van der Waals surface area contributed by atoms with E-state index in [1.54, 1.807) is 13.1 Å². The minimum absolute atomic E-state index is 0.0138. The first kappa shape index (κ1) is 18.4. The Balaban J connectivity index is 1.83. The number of aromatic nitrogens is 4. The Labute approximate surface area is 146 Å². The third kappa shape index (κ3) is 3.71. The van der Waals surface area contributed by atoms with Crippen LogP contribution >= 0.6 is 0 Å². The molecule has 11 heteroatoms. The molecule has 26 heavy (non-hydrogen) atoms. The summed E-state index contributed by atoms with van der Waals surface area (Å²) in [5, 5.41) is 9.53. The lowest BCUT2D eigenvalue weighted by molar-refractivity contribution is -0.137. The van der Waals surface area contributed by atoms with E-state index in [1.807, 2.05) is 0 Å². The van der Waals surface area contributed by atoms with Gasteiger partial charge in [-0.3, -0.25) is 4.68 Å². The number of rotatable bonds is 4. The van der Waals surface area contributed by atoms with E-state index in [2.05, 4.69) is 25.7 Å². The Kier molecular flexibility index (Phi) is 4.99. The molecule has 2 aromatic heterocycles. The first-order chi connectivity index (χ1) is 12.3. The van der Waals surface area contributed by atoms with Gasteiger partial charge in [0.2, 0.25) is 5.95 Å². The zero-order chi connectivity index (χ0) is 18.9. The molecule has 0 aromatic carbocycles. The van der Waals surface area contributed by atoms with Crippen molar-refractivity contribution in [1.29, 1.82) is 0 Å². The molecule has 1 aliphatic rings. The molecule has 3 rings (SSSR count). The van der Waals surface area contributed by atoms with Gasteiger partial charge in [0, 0.05) is 26.0 Å². The maximum atomic E-state index is 14.0. The summed E-state index contributed by atoms with van der Waals surface area (Å²) in [6, 6.07) is -0.445. The molecule has 1 fully saturated rings. The molecule has 1 aliphatic heterocycles. The fourth-order valence-electron chi connectivity index (χ4n) is 2.72. The minimum Gasteiger partial charge on any atom is -0.378 e. The fraction of sp³-hybridized carbons (Fsp3) is 0.533. The number of ether oxygens (including phenoxy) is 1. The lowest BCUT2D eigenvalue weighted by atomic mass is 10.1. The van der Waals surface area contributed by atoms with Gasteiger partial charge in [0.15, 0.2) is 0 Å². The molecule has 7 nitrogen and oxygen atoms in total. The van der Waals surface area contributed by atoms with E-state index >= 15 is 0 Å². The number of halogens is 4. The van der Waals surface area contributed by atoms with Gasteiger partial charge in [0.05, 0.1) is 24.0 Å². The van der Waals surface area contributed by atoms with Crippen LogP contribution in [-0.4, -0.2) is 46.2 Å². The Morgan fingerprint density at radius 1 is 1.35 bits per heavy atom. The van der Waals surface area contributed by atoms with Gasteiger partial charge in [-0.25, -0.2) is 9.37 Å². The predicted molar refractivity (Wildman–Crippen MR) is 86.2 cm³/mol. The van der Waals surface area contributed by atoms with Crippen molar-refractivity contribution in [1.82, 2.24) is 19.7 Å². The molecule has 0 saturated carbocycles. The maximum absolute atomic E-state index is 14.0. The number of alkyl halides is 4. The van der Waals surface area contributed by atoms with Gasteiger partial charge < -0.3 is 15.4 Å². The van der Waals surface area contributed by atoms with Crippen LogP contribution in [0.15, 0.2) is 12.4 Å². The van der Waals surface area contributed by atoms with E-state index in [4.69, 9.17) is 4.74 Å². The summed E-state index contributed by atoms with van der Waals surface area (Å²) in [5.74, 6) is -0.359. The molecule has 142 valence electrons. The van der Waals surface area contributed by atoms with Gasteiger partial charge in [-0.1, -0.05) is 0 Å². The van der Waals surface area contributed by atoms with Crippen LogP contribution in [0.3, 0.4) is 0 Å². The molecule has 0 bridgehead atoms. The van der Waals surface area contributed by atoms with Crippen molar-refractivity contribution in [2.75, 3.05) is 30.9 Å². The van der Waals surface area contributed by atoms with Crippen LogP contribution in [0.2, 0.25) is 0 Å². The summed E-state index contributed by atoms with van der Waals surface area (Å²) < 4.78 is 59.3.